The van der Waals surface area contributed by atoms with Crippen LogP contribution in [0, 0.1) is 23.7 Å². The summed E-state index contributed by atoms with van der Waals surface area (Å²) in [7, 11) is 0. The second kappa shape index (κ2) is 7.16. The maximum absolute atomic E-state index is 13.4. The van der Waals surface area contributed by atoms with Gasteiger partial charge in [0.1, 0.15) is 5.82 Å². The number of nitrogens with zero attached hydrogens (tertiary/aromatic N) is 2. The zero-order chi connectivity index (χ0) is 20.9. The van der Waals surface area contributed by atoms with Crippen LogP contribution in [0.5, 0.6) is 0 Å². The topological polar surface area (TPSA) is 70.1 Å². The zero-order valence-electron chi connectivity index (χ0n) is 16.6. The van der Waals surface area contributed by atoms with E-state index in [-0.39, 0.29) is 11.2 Å². The smallest absolute Gasteiger partial charge is 0.162 e. The lowest BCUT2D eigenvalue weighted by Gasteiger charge is -2.43. The molecule has 2 N–H and O–H groups in total. The summed E-state index contributed by atoms with van der Waals surface area (Å²) in [5.74, 6) is 0.111. The number of allylic oxidation sites excluding steroid dienone is 3. The Labute approximate surface area is 183 Å². The fourth-order valence-electron chi connectivity index (χ4n) is 4.37. The van der Waals surface area contributed by atoms with Crippen LogP contribution in [0.25, 0.3) is 0 Å². The van der Waals surface area contributed by atoms with E-state index >= 15 is 0 Å². The van der Waals surface area contributed by atoms with Crippen molar-refractivity contribution in [3.63, 3.8) is 0 Å². The van der Waals surface area contributed by atoms with Crippen molar-refractivity contribution in [3.8, 4) is 6.07 Å². The number of carbonyl (C=O) groups excluding carboxylic acids is 1. The molecule has 2 aromatic rings. The molecule has 2 heterocycles. The summed E-state index contributed by atoms with van der Waals surface area (Å²) in [6, 6.07) is 14.2. The van der Waals surface area contributed by atoms with E-state index in [1.54, 1.807) is 11.3 Å². The molecule has 2 aliphatic rings. The summed E-state index contributed by atoms with van der Waals surface area (Å²) in [5, 5.41) is 10.1. The number of rotatable bonds is 2. The summed E-state index contributed by atoms with van der Waals surface area (Å²) in [4.78, 5) is 16.3. The maximum atomic E-state index is 13.4. The van der Waals surface area contributed by atoms with Gasteiger partial charge < -0.3 is 5.73 Å². The Balaban J connectivity index is 2.02. The molecular formula is C23H22BrN3OS. The molecule has 0 saturated heterocycles. The summed E-state index contributed by atoms with van der Waals surface area (Å²) < 4.78 is 0.968. The number of hydrogen-bond acceptors (Lipinski definition) is 5. The lowest BCUT2D eigenvalue weighted by atomic mass is 9.69. The molecule has 1 unspecified atom stereocenters. The first-order chi connectivity index (χ1) is 13.7. The van der Waals surface area contributed by atoms with Crippen LogP contribution in [-0.2, 0) is 4.79 Å². The van der Waals surface area contributed by atoms with Crippen LogP contribution in [0.15, 0.2) is 62.8 Å². The largest absolute Gasteiger partial charge is 0.384 e. The van der Waals surface area contributed by atoms with Gasteiger partial charge in [-0.2, -0.15) is 5.26 Å². The molecule has 0 bridgehead atoms. The average Bonchev–Trinajstić information content (AvgIpc) is 3.07. The zero-order valence-corrected chi connectivity index (χ0v) is 19.0. The van der Waals surface area contributed by atoms with Crippen molar-refractivity contribution < 1.29 is 4.79 Å². The number of nitriles is 1. The van der Waals surface area contributed by atoms with E-state index in [9.17, 15) is 10.1 Å². The molecule has 0 amide bonds. The molecule has 1 aromatic heterocycles. The number of nitrogens with two attached hydrogens (primary N) is 1. The fraction of sp³-hybridized carbons (Fsp3) is 0.304. The molecule has 0 radical (unpaired) electrons. The molecule has 0 spiro atoms. The van der Waals surface area contributed by atoms with Gasteiger partial charge in [-0.1, -0.05) is 32.0 Å². The number of thiophene rings is 1. The molecule has 1 aliphatic heterocycles. The van der Waals surface area contributed by atoms with E-state index in [0.29, 0.717) is 23.4 Å². The summed E-state index contributed by atoms with van der Waals surface area (Å²) in [6.07, 6.45) is 1.19. The van der Waals surface area contributed by atoms with Crippen molar-refractivity contribution in [2.45, 2.75) is 39.5 Å². The third-order valence-corrected chi connectivity index (χ3v) is 7.30. The first-order valence-corrected chi connectivity index (χ1v) is 11.1. The first-order valence-electron chi connectivity index (χ1n) is 9.50. The third kappa shape index (κ3) is 3.33. The number of anilines is 1. The number of ketones is 1. The van der Waals surface area contributed by atoms with E-state index in [1.807, 2.05) is 48.2 Å². The van der Waals surface area contributed by atoms with E-state index < -0.39 is 5.92 Å². The van der Waals surface area contributed by atoms with Gasteiger partial charge >= 0.3 is 0 Å². The minimum absolute atomic E-state index is 0.101. The molecule has 0 saturated carbocycles. The normalized spacial score (nSPS) is 21.3. The second-order valence-electron chi connectivity index (χ2n) is 8.41. The predicted molar refractivity (Wildman–Crippen MR) is 120 cm³/mol. The molecular weight excluding hydrogens is 446 g/mol. The van der Waals surface area contributed by atoms with Crippen molar-refractivity contribution in [2.24, 2.45) is 11.1 Å². The summed E-state index contributed by atoms with van der Waals surface area (Å²) in [6.45, 7) is 6.25. The predicted octanol–water partition coefficient (Wildman–Crippen LogP) is 5.76. The van der Waals surface area contributed by atoms with Crippen molar-refractivity contribution in [1.29, 1.82) is 5.26 Å². The fourth-order valence-corrected chi connectivity index (χ4v) is 5.91. The Morgan fingerprint density at radius 2 is 1.97 bits per heavy atom. The van der Waals surface area contributed by atoms with Crippen molar-refractivity contribution in [2.75, 3.05) is 4.90 Å². The van der Waals surface area contributed by atoms with Gasteiger partial charge in [0.2, 0.25) is 0 Å². The van der Waals surface area contributed by atoms with Gasteiger partial charge in [0.15, 0.2) is 5.78 Å². The van der Waals surface area contributed by atoms with Gasteiger partial charge in [-0.15, -0.1) is 11.3 Å². The highest BCUT2D eigenvalue weighted by Crippen LogP contribution is 2.51. The number of halogens is 1. The number of hydrogen-bond donors (Lipinski definition) is 1. The Morgan fingerprint density at radius 3 is 2.59 bits per heavy atom. The molecule has 1 aliphatic carbocycles. The lowest BCUT2D eigenvalue weighted by Crippen LogP contribution is -2.42. The minimum Gasteiger partial charge on any atom is -0.384 e. The number of aryl methyl sites for hydroxylation is 1. The minimum atomic E-state index is -0.407. The Hall–Kier alpha value is -2.36. The monoisotopic (exact) mass is 467 g/mol. The third-order valence-electron chi connectivity index (χ3n) is 5.62. The molecule has 0 fully saturated rings. The Morgan fingerprint density at radius 1 is 1.24 bits per heavy atom. The number of carbonyl (C=O) groups is 1. The highest BCUT2D eigenvalue weighted by atomic mass is 79.9. The van der Waals surface area contributed by atoms with Gasteiger partial charge in [-0.25, -0.2) is 0 Å². The maximum Gasteiger partial charge on any atom is 0.162 e. The van der Waals surface area contributed by atoms with Crippen LogP contribution >= 0.6 is 27.3 Å². The number of benzene rings is 1. The molecule has 1 aromatic carbocycles. The lowest BCUT2D eigenvalue weighted by molar-refractivity contribution is -0.118. The van der Waals surface area contributed by atoms with Gasteiger partial charge in [-0.05, 0) is 58.5 Å². The SMILES string of the molecule is Cc1ccccc1N1C(N)=C(C#N)C(c2ccc(Br)s2)C2=C1CC(C)(C)CC2=O. The quantitative estimate of drug-likeness (QED) is 0.609. The van der Waals surface area contributed by atoms with Crippen LogP contribution in [0.4, 0.5) is 5.69 Å². The molecule has 6 heteroatoms. The van der Waals surface area contributed by atoms with Gasteiger partial charge in [0.25, 0.3) is 0 Å². The Bertz CT molecular complexity index is 1120. The van der Waals surface area contributed by atoms with E-state index in [1.165, 1.54) is 0 Å². The highest BCUT2D eigenvalue weighted by molar-refractivity contribution is 9.11. The molecule has 29 heavy (non-hydrogen) atoms. The van der Waals surface area contributed by atoms with Crippen LogP contribution < -0.4 is 10.6 Å². The molecule has 4 nitrogen and oxygen atoms in total. The van der Waals surface area contributed by atoms with E-state index in [0.717, 1.165) is 32.0 Å². The van der Waals surface area contributed by atoms with Crippen LogP contribution in [0.3, 0.4) is 0 Å². The Kier molecular flexibility index (Phi) is 4.92. The standard InChI is InChI=1S/C23H22BrN3OS/c1-13-6-4-5-7-15(13)27-16-10-23(2,3)11-17(28)21(16)20(14(12-25)22(27)26)18-8-9-19(24)29-18/h4-9,20H,10-11,26H2,1-3H3. The highest BCUT2D eigenvalue weighted by Gasteiger charge is 2.45. The molecule has 148 valence electrons. The van der Waals surface area contributed by atoms with Gasteiger partial charge in [-0.3, -0.25) is 9.69 Å². The van der Waals surface area contributed by atoms with Gasteiger partial charge in [0.05, 0.1) is 27.0 Å². The van der Waals surface area contributed by atoms with Crippen molar-refractivity contribution in [3.05, 3.63) is 73.3 Å². The summed E-state index contributed by atoms with van der Waals surface area (Å²) >= 11 is 5.06. The second-order valence-corrected chi connectivity index (χ2v) is 10.9. The van der Waals surface area contributed by atoms with E-state index in [4.69, 9.17) is 5.73 Å². The molecule has 1 atom stereocenters. The van der Waals surface area contributed by atoms with Crippen LogP contribution in [-0.4, -0.2) is 5.78 Å². The first kappa shape index (κ1) is 19.9. The van der Waals surface area contributed by atoms with Crippen LogP contribution in [0.2, 0.25) is 0 Å². The summed E-state index contributed by atoms with van der Waals surface area (Å²) in [5.41, 5.74) is 10.5. The number of para-hydroxylation sites is 1. The van der Waals surface area contributed by atoms with Gasteiger partial charge in [0, 0.05) is 22.6 Å². The number of Topliss-reactive ketones (excluding diaryl/α,β-unsaturated/α-hetero) is 1. The molecule has 4 rings (SSSR count). The average molecular weight is 468 g/mol. The van der Waals surface area contributed by atoms with Crippen molar-refractivity contribution >= 4 is 38.7 Å². The van der Waals surface area contributed by atoms with Crippen LogP contribution in [0.1, 0.15) is 43.0 Å². The van der Waals surface area contributed by atoms with E-state index in [2.05, 4.69) is 35.8 Å². The van der Waals surface area contributed by atoms with Crippen molar-refractivity contribution in [1.82, 2.24) is 0 Å².